The Morgan fingerprint density at radius 2 is 1.73 bits per heavy atom. The van der Waals surface area contributed by atoms with Gasteiger partial charge in [-0.15, -0.1) is 0 Å². The Labute approximate surface area is 132 Å². The minimum Gasteiger partial charge on any atom is -0.457 e. The van der Waals surface area contributed by atoms with E-state index in [2.05, 4.69) is 0 Å². The molecule has 0 radical (unpaired) electrons. The molecule has 0 heterocycles. The maximum absolute atomic E-state index is 13.7. The fraction of sp³-hybridized carbons (Fsp3) is 0.0556. The number of fused-ring (bicyclic) bond motifs is 1. The summed E-state index contributed by atoms with van der Waals surface area (Å²) in [7, 11) is 0. The lowest BCUT2D eigenvalue weighted by molar-refractivity contribution is 0.0469. The van der Waals surface area contributed by atoms with Gasteiger partial charge in [0.05, 0.1) is 5.02 Å². The molecule has 0 aliphatic carbocycles. The second-order valence-corrected chi connectivity index (χ2v) is 5.22. The molecular weight excluding hydrogens is 303 g/mol. The molecule has 0 aliphatic heterocycles. The average Bonchev–Trinajstić information content (AvgIpc) is 2.52. The van der Waals surface area contributed by atoms with Crippen LogP contribution in [0.1, 0.15) is 15.9 Å². The molecule has 2 nitrogen and oxygen atoms in total. The third kappa shape index (κ3) is 2.81. The minimum atomic E-state index is -0.768. The van der Waals surface area contributed by atoms with Gasteiger partial charge in [0.25, 0.3) is 0 Å². The quantitative estimate of drug-likeness (QED) is 0.637. The summed E-state index contributed by atoms with van der Waals surface area (Å²) >= 11 is 5.86. The second-order valence-electron chi connectivity index (χ2n) is 4.81. The highest BCUT2D eigenvalue weighted by atomic mass is 35.5. The van der Waals surface area contributed by atoms with Crippen LogP contribution in [0.15, 0.2) is 60.7 Å². The van der Waals surface area contributed by atoms with Crippen LogP contribution >= 0.6 is 11.6 Å². The largest absolute Gasteiger partial charge is 0.457 e. The van der Waals surface area contributed by atoms with E-state index < -0.39 is 11.8 Å². The maximum atomic E-state index is 13.7. The topological polar surface area (TPSA) is 26.3 Å². The normalized spacial score (nSPS) is 10.6. The summed E-state index contributed by atoms with van der Waals surface area (Å²) in [5.74, 6) is -1.45. The Morgan fingerprint density at radius 1 is 1.00 bits per heavy atom. The van der Waals surface area contributed by atoms with Gasteiger partial charge < -0.3 is 4.74 Å². The van der Waals surface area contributed by atoms with Crippen LogP contribution < -0.4 is 0 Å². The number of benzene rings is 3. The molecular formula is C18H12ClFO2. The Balaban J connectivity index is 1.84. The first-order chi connectivity index (χ1) is 10.7. The Bertz CT molecular complexity index is 820. The molecule has 3 rings (SSSR count). The fourth-order valence-corrected chi connectivity index (χ4v) is 2.57. The van der Waals surface area contributed by atoms with Crippen molar-refractivity contribution in [1.29, 1.82) is 0 Å². The van der Waals surface area contributed by atoms with Crippen molar-refractivity contribution in [1.82, 2.24) is 0 Å². The lowest BCUT2D eigenvalue weighted by atomic mass is 10.1. The third-order valence-electron chi connectivity index (χ3n) is 3.41. The van der Waals surface area contributed by atoms with E-state index in [9.17, 15) is 9.18 Å². The van der Waals surface area contributed by atoms with Crippen molar-refractivity contribution in [3.8, 4) is 0 Å². The van der Waals surface area contributed by atoms with Crippen LogP contribution in [0.2, 0.25) is 5.02 Å². The van der Waals surface area contributed by atoms with Crippen LogP contribution in [-0.4, -0.2) is 5.97 Å². The highest BCUT2D eigenvalue weighted by Gasteiger charge is 2.17. The number of halogens is 2. The lowest BCUT2D eigenvalue weighted by Gasteiger charge is -2.09. The summed E-state index contributed by atoms with van der Waals surface area (Å²) in [5, 5.41) is 2.10. The number of hydrogen-bond donors (Lipinski definition) is 0. The van der Waals surface area contributed by atoms with E-state index in [-0.39, 0.29) is 17.2 Å². The molecule has 0 atom stereocenters. The highest BCUT2D eigenvalue weighted by Crippen LogP contribution is 2.22. The first-order valence-electron chi connectivity index (χ1n) is 6.74. The van der Waals surface area contributed by atoms with E-state index in [4.69, 9.17) is 16.3 Å². The average molecular weight is 315 g/mol. The van der Waals surface area contributed by atoms with Crippen LogP contribution in [0.3, 0.4) is 0 Å². The van der Waals surface area contributed by atoms with Gasteiger partial charge in [0.1, 0.15) is 18.0 Å². The first kappa shape index (κ1) is 14.5. The number of hydrogen-bond acceptors (Lipinski definition) is 2. The fourth-order valence-electron chi connectivity index (χ4n) is 2.33. The maximum Gasteiger partial charge on any atom is 0.342 e. The number of carbonyl (C=O) groups is 1. The van der Waals surface area contributed by atoms with E-state index >= 15 is 0 Å². The van der Waals surface area contributed by atoms with E-state index in [1.807, 2.05) is 42.5 Å². The summed E-state index contributed by atoms with van der Waals surface area (Å²) < 4.78 is 18.9. The molecule has 0 N–H and O–H groups in total. The molecule has 0 aromatic heterocycles. The van der Waals surface area contributed by atoms with E-state index in [1.165, 1.54) is 18.2 Å². The first-order valence-corrected chi connectivity index (χ1v) is 7.12. The molecule has 0 saturated carbocycles. The lowest BCUT2D eigenvalue weighted by Crippen LogP contribution is -2.08. The molecule has 4 heteroatoms. The van der Waals surface area contributed by atoms with Gasteiger partial charge in [-0.3, -0.25) is 0 Å². The summed E-state index contributed by atoms with van der Waals surface area (Å²) in [6.07, 6.45) is 0. The molecule has 3 aromatic rings. The molecule has 0 fully saturated rings. The Kier molecular flexibility index (Phi) is 4.07. The van der Waals surface area contributed by atoms with Gasteiger partial charge in [0.2, 0.25) is 0 Å². The number of ether oxygens (including phenoxy) is 1. The standard InChI is InChI=1S/C18H12ClFO2/c19-15-9-4-10-16(20)17(15)18(21)22-11-13-7-3-6-12-5-1-2-8-14(12)13/h1-10H,11H2. The van der Waals surface area contributed by atoms with Crippen LogP contribution in [0.4, 0.5) is 4.39 Å². The number of rotatable bonds is 3. The summed E-state index contributed by atoms with van der Waals surface area (Å²) in [4.78, 5) is 12.0. The Hall–Kier alpha value is -2.39. The van der Waals surface area contributed by atoms with Crippen molar-refractivity contribution >= 4 is 28.3 Å². The zero-order valence-corrected chi connectivity index (χ0v) is 12.3. The SMILES string of the molecule is O=C(OCc1cccc2ccccc12)c1c(F)cccc1Cl. The highest BCUT2D eigenvalue weighted by molar-refractivity contribution is 6.33. The summed E-state index contributed by atoms with van der Waals surface area (Å²) in [6.45, 7) is 0.0604. The Morgan fingerprint density at radius 3 is 2.55 bits per heavy atom. The summed E-state index contributed by atoms with van der Waals surface area (Å²) in [5.41, 5.74) is 0.628. The summed E-state index contributed by atoms with van der Waals surface area (Å²) in [6, 6.07) is 17.6. The van der Waals surface area contributed by atoms with Crippen LogP contribution in [0.5, 0.6) is 0 Å². The molecule has 0 spiro atoms. The van der Waals surface area contributed by atoms with Gasteiger partial charge in [-0.05, 0) is 28.5 Å². The molecule has 0 amide bonds. The predicted octanol–water partition coefficient (Wildman–Crippen LogP) is 4.99. The molecule has 0 bridgehead atoms. The predicted molar refractivity (Wildman–Crippen MR) is 84.5 cm³/mol. The van der Waals surface area contributed by atoms with Crippen LogP contribution in [-0.2, 0) is 11.3 Å². The molecule has 0 aliphatic rings. The van der Waals surface area contributed by atoms with Crippen LogP contribution in [0.25, 0.3) is 10.8 Å². The number of esters is 1. The van der Waals surface area contributed by atoms with Gasteiger partial charge in [-0.2, -0.15) is 0 Å². The zero-order chi connectivity index (χ0) is 15.5. The molecule has 0 unspecified atom stereocenters. The third-order valence-corrected chi connectivity index (χ3v) is 3.72. The van der Waals surface area contributed by atoms with Gasteiger partial charge >= 0.3 is 5.97 Å². The molecule has 0 saturated heterocycles. The zero-order valence-electron chi connectivity index (χ0n) is 11.6. The van der Waals surface area contributed by atoms with Crippen molar-refractivity contribution in [2.75, 3.05) is 0 Å². The van der Waals surface area contributed by atoms with E-state index in [1.54, 1.807) is 0 Å². The van der Waals surface area contributed by atoms with Crippen LogP contribution in [0, 0.1) is 5.82 Å². The van der Waals surface area contributed by atoms with Gasteiger partial charge in [0, 0.05) is 0 Å². The van der Waals surface area contributed by atoms with Crippen molar-refractivity contribution < 1.29 is 13.9 Å². The van der Waals surface area contributed by atoms with Crippen molar-refractivity contribution in [2.24, 2.45) is 0 Å². The van der Waals surface area contributed by atoms with Crippen molar-refractivity contribution in [2.45, 2.75) is 6.61 Å². The smallest absolute Gasteiger partial charge is 0.342 e. The molecule has 110 valence electrons. The second kappa shape index (κ2) is 6.16. The van der Waals surface area contributed by atoms with E-state index in [0.717, 1.165) is 16.3 Å². The van der Waals surface area contributed by atoms with Crippen molar-refractivity contribution in [3.63, 3.8) is 0 Å². The monoisotopic (exact) mass is 314 g/mol. The van der Waals surface area contributed by atoms with Gasteiger partial charge in [0.15, 0.2) is 0 Å². The van der Waals surface area contributed by atoms with Crippen molar-refractivity contribution in [3.05, 3.63) is 82.6 Å². The van der Waals surface area contributed by atoms with Gasteiger partial charge in [-0.25, -0.2) is 9.18 Å². The molecule has 3 aromatic carbocycles. The number of carbonyl (C=O) groups excluding carboxylic acids is 1. The van der Waals surface area contributed by atoms with E-state index in [0.29, 0.717) is 0 Å². The minimum absolute atomic E-state index is 0.0444. The van der Waals surface area contributed by atoms with Gasteiger partial charge in [-0.1, -0.05) is 60.1 Å². The molecule has 22 heavy (non-hydrogen) atoms.